The van der Waals surface area contributed by atoms with Crippen LogP contribution in [0.3, 0.4) is 0 Å². The zero-order chi connectivity index (χ0) is 18.5. The molecule has 1 saturated heterocycles. The Morgan fingerprint density at radius 3 is 1.92 bits per heavy atom. The van der Waals surface area contributed by atoms with Crippen molar-refractivity contribution in [3.63, 3.8) is 0 Å². The summed E-state index contributed by atoms with van der Waals surface area (Å²) in [7, 11) is 6.89. The van der Waals surface area contributed by atoms with Crippen LogP contribution in [-0.2, 0) is 16.6 Å². The van der Waals surface area contributed by atoms with Crippen LogP contribution in [0.4, 0.5) is 0 Å². The summed E-state index contributed by atoms with van der Waals surface area (Å²) in [5.74, 6) is 0.674. The number of hydrogen-bond acceptors (Lipinski definition) is 2. The molecule has 25 heavy (non-hydrogen) atoms. The zero-order valence-corrected chi connectivity index (χ0v) is 17.8. The van der Waals surface area contributed by atoms with E-state index >= 15 is 0 Å². The molecule has 2 aliphatic heterocycles. The molecule has 0 aromatic heterocycles. The highest BCUT2D eigenvalue weighted by Gasteiger charge is 2.60. The van der Waals surface area contributed by atoms with E-state index in [0.717, 1.165) is 0 Å². The van der Waals surface area contributed by atoms with Gasteiger partial charge in [0.25, 0.3) is 0 Å². The van der Waals surface area contributed by atoms with Gasteiger partial charge in [-0.15, -0.1) is 0 Å². The van der Waals surface area contributed by atoms with E-state index in [0.29, 0.717) is 5.92 Å². The second-order valence-corrected chi connectivity index (χ2v) is 10.0. The monoisotopic (exact) mass is 340 g/mol. The molecular formula is C23H36N2. The van der Waals surface area contributed by atoms with E-state index < -0.39 is 0 Å². The van der Waals surface area contributed by atoms with E-state index in [1.807, 2.05) is 0 Å². The molecule has 4 atom stereocenters. The molecule has 2 bridgehead atoms. The molecule has 1 aliphatic carbocycles. The lowest BCUT2D eigenvalue weighted by molar-refractivity contribution is 0.119. The van der Waals surface area contributed by atoms with Crippen molar-refractivity contribution < 1.29 is 0 Å². The molecule has 0 spiro atoms. The maximum Gasteiger partial charge on any atom is 0.0445 e. The summed E-state index contributed by atoms with van der Waals surface area (Å²) in [5, 5.41) is 0. The predicted molar refractivity (Wildman–Crippen MR) is 106 cm³/mol. The molecule has 1 aromatic carbocycles. The molecule has 0 amide bonds. The van der Waals surface area contributed by atoms with Crippen LogP contribution in [0.5, 0.6) is 0 Å². The van der Waals surface area contributed by atoms with Crippen LogP contribution in [0.25, 0.3) is 0 Å². The van der Waals surface area contributed by atoms with Gasteiger partial charge in [0.15, 0.2) is 0 Å². The Morgan fingerprint density at radius 1 is 0.880 bits per heavy atom. The molecule has 2 nitrogen and oxygen atoms in total. The number of fused-ring (bicyclic) bond motifs is 6. The van der Waals surface area contributed by atoms with Crippen molar-refractivity contribution in [1.82, 2.24) is 9.80 Å². The van der Waals surface area contributed by atoms with Gasteiger partial charge in [0.2, 0.25) is 0 Å². The standard InChI is InChI=1S/C23H36N2/c1-14-10-11-21(4,24(7)8)18-16(3)20-19(15(2)17(14)18)22(5)12-13-23(20,6)25(22)9/h14H,10-13H2,1-9H3/t14-,21+,22+,23-/m1/s1. The number of nitrogens with zero attached hydrogens (tertiary/aromatic N) is 2. The van der Waals surface area contributed by atoms with Gasteiger partial charge in [0, 0.05) is 16.6 Å². The van der Waals surface area contributed by atoms with Crippen molar-refractivity contribution in [1.29, 1.82) is 0 Å². The Labute approximate surface area is 154 Å². The Hall–Kier alpha value is -0.860. The molecule has 1 aromatic rings. The van der Waals surface area contributed by atoms with Crippen LogP contribution < -0.4 is 0 Å². The second kappa shape index (κ2) is 4.89. The Morgan fingerprint density at radius 2 is 1.40 bits per heavy atom. The molecule has 0 N–H and O–H groups in total. The van der Waals surface area contributed by atoms with Gasteiger partial charge in [-0.1, -0.05) is 6.92 Å². The normalized spacial score (nSPS) is 39.8. The maximum absolute atomic E-state index is 2.69. The lowest BCUT2D eigenvalue weighted by Gasteiger charge is -2.47. The summed E-state index contributed by atoms with van der Waals surface area (Å²) < 4.78 is 0. The van der Waals surface area contributed by atoms with Gasteiger partial charge in [0.1, 0.15) is 0 Å². The van der Waals surface area contributed by atoms with E-state index in [2.05, 4.69) is 72.5 Å². The minimum atomic E-state index is 0.156. The van der Waals surface area contributed by atoms with E-state index in [1.165, 1.54) is 25.7 Å². The molecule has 1 fully saturated rings. The van der Waals surface area contributed by atoms with Crippen molar-refractivity contribution in [3.8, 4) is 0 Å². The van der Waals surface area contributed by atoms with Crippen molar-refractivity contribution in [2.45, 2.75) is 89.8 Å². The van der Waals surface area contributed by atoms with Gasteiger partial charge in [-0.3, -0.25) is 9.80 Å². The summed E-state index contributed by atoms with van der Waals surface area (Å²) in [6.07, 6.45) is 5.15. The molecule has 0 radical (unpaired) electrons. The average Bonchev–Trinajstić information content (AvgIpc) is 2.88. The largest absolute Gasteiger partial charge is 0.300 e. The molecule has 2 heterocycles. The highest BCUT2D eigenvalue weighted by molar-refractivity contribution is 5.63. The maximum atomic E-state index is 2.69. The van der Waals surface area contributed by atoms with Gasteiger partial charge >= 0.3 is 0 Å². The van der Waals surface area contributed by atoms with E-state index in [9.17, 15) is 0 Å². The molecule has 0 unspecified atom stereocenters. The third-order valence-electron chi connectivity index (χ3n) is 8.79. The first kappa shape index (κ1) is 17.5. The van der Waals surface area contributed by atoms with Crippen molar-refractivity contribution in [2.24, 2.45) is 0 Å². The summed E-state index contributed by atoms with van der Waals surface area (Å²) in [6, 6.07) is 0. The highest BCUT2D eigenvalue weighted by atomic mass is 15.3. The van der Waals surface area contributed by atoms with Crippen molar-refractivity contribution in [2.75, 3.05) is 21.1 Å². The highest BCUT2D eigenvalue weighted by Crippen LogP contribution is 2.63. The van der Waals surface area contributed by atoms with Gasteiger partial charge in [0.05, 0.1) is 0 Å². The van der Waals surface area contributed by atoms with Crippen LogP contribution in [-0.4, -0.2) is 30.9 Å². The molecule has 0 saturated carbocycles. The van der Waals surface area contributed by atoms with Gasteiger partial charge in [-0.2, -0.15) is 0 Å². The van der Waals surface area contributed by atoms with Crippen LogP contribution in [0, 0.1) is 13.8 Å². The SMILES string of the molecule is Cc1c2c(c(C)c3c1[C@]1(C)CC[C@@]3(C)N1C)[C@@](C)(N(C)C)CC[C@H]2C. The molecule has 2 heteroatoms. The van der Waals surface area contributed by atoms with Gasteiger partial charge in [-0.05, 0) is 121 Å². The van der Waals surface area contributed by atoms with E-state index in [1.54, 1.807) is 33.4 Å². The van der Waals surface area contributed by atoms with Crippen LogP contribution >= 0.6 is 0 Å². The second-order valence-electron chi connectivity index (χ2n) is 10.0. The Kier molecular flexibility index (Phi) is 3.44. The lowest BCUT2D eigenvalue weighted by Crippen LogP contribution is -2.44. The van der Waals surface area contributed by atoms with Gasteiger partial charge in [-0.25, -0.2) is 0 Å². The fourth-order valence-corrected chi connectivity index (χ4v) is 6.85. The summed E-state index contributed by atoms with van der Waals surface area (Å²) in [5.41, 5.74) is 10.5. The average molecular weight is 341 g/mol. The fraction of sp³-hybridized carbons (Fsp3) is 0.739. The Balaban J connectivity index is 2.13. The minimum Gasteiger partial charge on any atom is -0.300 e. The lowest BCUT2D eigenvalue weighted by atomic mass is 9.64. The Bertz CT molecular complexity index is 764. The zero-order valence-electron chi connectivity index (χ0n) is 17.8. The third-order valence-corrected chi connectivity index (χ3v) is 8.79. The summed E-state index contributed by atoms with van der Waals surface area (Å²) in [4.78, 5) is 5.16. The van der Waals surface area contributed by atoms with E-state index in [4.69, 9.17) is 0 Å². The third kappa shape index (κ3) is 1.78. The molecule has 4 rings (SSSR count). The first-order valence-electron chi connectivity index (χ1n) is 10.1. The number of benzene rings is 1. The first-order valence-corrected chi connectivity index (χ1v) is 10.1. The van der Waals surface area contributed by atoms with Crippen LogP contribution in [0.15, 0.2) is 0 Å². The van der Waals surface area contributed by atoms with E-state index in [-0.39, 0.29) is 16.6 Å². The number of rotatable bonds is 1. The quantitative estimate of drug-likeness (QED) is 0.698. The topological polar surface area (TPSA) is 6.48 Å². The van der Waals surface area contributed by atoms with Crippen molar-refractivity contribution in [3.05, 3.63) is 33.4 Å². The fourth-order valence-electron chi connectivity index (χ4n) is 6.85. The predicted octanol–water partition coefficient (Wildman–Crippen LogP) is 5.15. The number of hydrogen-bond donors (Lipinski definition) is 0. The molecule has 138 valence electrons. The first-order chi connectivity index (χ1) is 11.5. The molecular weight excluding hydrogens is 304 g/mol. The molecule has 3 aliphatic rings. The summed E-state index contributed by atoms with van der Waals surface area (Å²) >= 11 is 0. The summed E-state index contributed by atoms with van der Waals surface area (Å²) in [6.45, 7) is 14.8. The van der Waals surface area contributed by atoms with Gasteiger partial charge < -0.3 is 0 Å². The van der Waals surface area contributed by atoms with Crippen LogP contribution in [0.2, 0.25) is 0 Å². The minimum absolute atomic E-state index is 0.156. The smallest absolute Gasteiger partial charge is 0.0445 e. The van der Waals surface area contributed by atoms with Crippen LogP contribution in [0.1, 0.15) is 92.7 Å². The van der Waals surface area contributed by atoms with Crippen molar-refractivity contribution >= 4 is 0 Å².